The summed E-state index contributed by atoms with van der Waals surface area (Å²) in [6.45, 7) is 8.46. The van der Waals surface area contributed by atoms with Gasteiger partial charge in [-0.15, -0.1) is 0 Å². The number of esters is 1. The summed E-state index contributed by atoms with van der Waals surface area (Å²) in [7, 11) is 0. The molecule has 2 atom stereocenters. The zero-order valence-electron chi connectivity index (χ0n) is 14.0. The van der Waals surface area contributed by atoms with Gasteiger partial charge in [0.15, 0.2) is 0 Å². The maximum atomic E-state index is 12.2. The number of likely N-dealkylation sites (tertiary alicyclic amines) is 1. The molecule has 6 heteroatoms. The first-order chi connectivity index (χ1) is 10.3. The van der Waals surface area contributed by atoms with Gasteiger partial charge in [0.25, 0.3) is 0 Å². The van der Waals surface area contributed by atoms with E-state index in [0.717, 1.165) is 6.29 Å². The van der Waals surface area contributed by atoms with Crippen LogP contribution in [0.3, 0.4) is 0 Å². The third kappa shape index (κ3) is 5.66. The molecule has 0 spiro atoms. The van der Waals surface area contributed by atoms with Gasteiger partial charge in [-0.3, -0.25) is 4.79 Å². The molecule has 1 fully saturated rings. The van der Waals surface area contributed by atoms with Crippen molar-refractivity contribution in [3.63, 3.8) is 0 Å². The van der Waals surface area contributed by atoms with Crippen molar-refractivity contribution < 1.29 is 23.9 Å². The standard InChI is InChI=1S/C16H27NO5/c1-5-21-14(19)13-8-9-17(11-12(13)7-6-10-18)15(20)22-16(2,3)4/h10,12-13H,5-9,11H2,1-4H3/t12-,13+/m1/s1. The van der Waals surface area contributed by atoms with Crippen LogP contribution in [-0.4, -0.2) is 48.5 Å². The average molecular weight is 313 g/mol. The summed E-state index contributed by atoms with van der Waals surface area (Å²) in [6.07, 6.45) is 1.97. The van der Waals surface area contributed by atoms with Crippen molar-refractivity contribution in [2.45, 2.75) is 52.6 Å². The second kappa shape index (κ2) is 8.15. The van der Waals surface area contributed by atoms with Crippen molar-refractivity contribution in [3.05, 3.63) is 0 Å². The molecule has 0 aromatic carbocycles. The van der Waals surface area contributed by atoms with Crippen molar-refractivity contribution in [1.82, 2.24) is 4.90 Å². The van der Waals surface area contributed by atoms with E-state index in [0.29, 0.717) is 39.0 Å². The van der Waals surface area contributed by atoms with Gasteiger partial charge in [0.1, 0.15) is 11.9 Å². The molecule has 0 aliphatic carbocycles. The molecule has 1 aliphatic rings. The van der Waals surface area contributed by atoms with Gasteiger partial charge in [-0.1, -0.05) is 0 Å². The maximum Gasteiger partial charge on any atom is 0.410 e. The minimum absolute atomic E-state index is 0.0643. The van der Waals surface area contributed by atoms with E-state index < -0.39 is 5.60 Å². The number of hydrogen-bond acceptors (Lipinski definition) is 5. The van der Waals surface area contributed by atoms with Gasteiger partial charge >= 0.3 is 12.1 Å². The van der Waals surface area contributed by atoms with Crippen LogP contribution in [0.2, 0.25) is 0 Å². The first-order valence-corrected chi connectivity index (χ1v) is 7.86. The Balaban J connectivity index is 2.71. The smallest absolute Gasteiger partial charge is 0.410 e. The molecule has 0 saturated carbocycles. The summed E-state index contributed by atoms with van der Waals surface area (Å²) in [5, 5.41) is 0. The number of carbonyl (C=O) groups is 3. The number of nitrogens with zero attached hydrogens (tertiary/aromatic N) is 1. The molecule has 0 N–H and O–H groups in total. The number of hydrogen-bond donors (Lipinski definition) is 0. The van der Waals surface area contributed by atoms with Gasteiger partial charge in [-0.05, 0) is 46.5 Å². The summed E-state index contributed by atoms with van der Waals surface area (Å²) in [4.78, 5) is 36.4. The maximum absolute atomic E-state index is 12.2. The predicted molar refractivity (Wildman–Crippen MR) is 81.3 cm³/mol. The van der Waals surface area contributed by atoms with Gasteiger partial charge in [0.2, 0.25) is 0 Å². The zero-order valence-corrected chi connectivity index (χ0v) is 14.0. The predicted octanol–water partition coefficient (Wildman–Crippen LogP) is 2.40. The van der Waals surface area contributed by atoms with Crippen molar-refractivity contribution in [1.29, 1.82) is 0 Å². The number of ether oxygens (including phenoxy) is 2. The van der Waals surface area contributed by atoms with Crippen molar-refractivity contribution >= 4 is 18.3 Å². The fourth-order valence-corrected chi connectivity index (χ4v) is 2.66. The quantitative estimate of drug-likeness (QED) is 0.575. The monoisotopic (exact) mass is 313 g/mol. The number of carbonyl (C=O) groups excluding carboxylic acids is 3. The van der Waals surface area contributed by atoms with Crippen LogP contribution < -0.4 is 0 Å². The lowest BCUT2D eigenvalue weighted by Gasteiger charge is -2.37. The zero-order chi connectivity index (χ0) is 16.8. The Labute approximate surface area is 132 Å². The Morgan fingerprint density at radius 3 is 2.55 bits per heavy atom. The lowest BCUT2D eigenvalue weighted by molar-refractivity contribution is -0.152. The molecule has 0 aromatic heterocycles. The highest BCUT2D eigenvalue weighted by Crippen LogP contribution is 2.29. The van der Waals surface area contributed by atoms with E-state index in [9.17, 15) is 14.4 Å². The fraction of sp³-hybridized carbons (Fsp3) is 0.812. The van der Waals surface area contributed by atoms with E-state index in [1.807, 2.05) is 20.8 Å². The molecular weight excluding hydrogens is 286 g/mol. The topological polar surface area (TPSA) is 72.9 Å². The molecule has 126 valence electrons. The molecule has 6 nitrogen and oxygen atoms in total. The van der Waals surface area contributed by atoms with Crippen LogP contribution in [0.4, 0.5) is 4.79 Å². The Morgan fingerprint density at radius 2 is 2.00 bits per heavy atom. The van der Waals surface area contributed by atoms with Crippen LogP contribution in [0.5, 0.6) is 0 Å². The molecule has 0 unspecified atom stereocenters. The van der Waals surface area contributed by atoms with Gasteiger partial charge < -0.3 is 19.2 Å². The third-order valence-corrected chi connectivity index (χ3v) is 3.63. The third-order valence-electron chi connectivity index (χ3n) is 3.63. The first-order valence-electron chi connectivity index (χ1n) is 7.86. The van der Waals surface area contributed by atoms with Crippen LogP contribution in [0.1, 0.15) is 47.0 Å². The number of piperidine rings is 1. The van der Waals surface area contributed by atoms with Crippen LogP contribution in [0.25, 0.3) is 0 Å². The van der Waals surface area contributed by atoms with Crippen molar-refractivity contribution in [3.8, 4) is 0 Å². The summed E-state index contributed by atoms with van der Waals surface area (Å²) in [6, 6.07) is 0. The molecule has 1 aliphatic heterocycles. The van der Waals surface area contributed by atoms with Crippen molar-refractivity contribution in [2.75, 3.05) is 19.7 Å². The molecule has 0 radical (unpaired) electrons. The first kappa shape index (κ1) is 18.5. The number of aldehydes is 1. The summed E-state index contributed by atoms with van der Waals surface area (Å²) < 4.78 is 10.5. The highest BCUT2D eigenvalue weighted by molar-refractivity contribution is 5.74. The summed E-state index contributed by atoms with van der Waals surface area (Å²) in [5.74, 6) is -0.550. The molecular formula is C16H27NO5. The molecule has 1 heterocycles. The van der Waals surface area contributed by atoms with Crippen molar-refractivity contribution in [2.24, 2.45) is 11.8 Å². The Bertz CT molecular complexity index is 402. The second-order valence-corrected chi connectivity index (χ2v) is 6.58. The lowest BCUT2D eigenvalue weighted by atomic mass is 9.82. The second-order valence-electron chi connectivity index (χ2n) is 6.58. The Morgan fingerprint density at radius 1 is 1.32 bits per heavy atom. The minimum atomic E-state index is -0.548. The summed E-state index contributed by atoms with van der Waals surface area (Å²) >= 11 is 0. The van der Waals surface area contributed by atoms with E-state index in [1.165, 1.54) is 0 Å². The van der Waals surface area contributed by atoms with E-state index in [2.05, 4.69) is 0 Å². The van der Waals surface area contributed by atoms with Crippen LogP contribution in [0.15, 0.2) is 0 Å². The van der Waals surface area contributed by atoms with E-state index in [4.69, 9.17) is 9.47 Å². The molecule has 22 heavy (non-hydrogen) atoms. The largest absolute Gasteiger partial charge is 0.466 e. The van der Waals surface area contributed by atoms with E-state index >= 15 is 0 Å². The van der Waals surface area contributed by atoms with Gasteiger partial charge in [-0.25, -0.2) is 4.79 Å². The molecule has 1 amide bonds. The molecule has 0 bridgehead atoms. The fourth-order valence-electron chi connectivity index (χ4n) is 2.66. The highest BCUT2D eigenvalue weighted by Gasteiger charge is 2.37. The summed E-state index contributed by atoms with van der Waals surface area (Å²) in [5.41, 5.74) is -0.548. The molecule has 1 rings (SSSR count). The highest BCUT2D eigenvalue weighted by atomic mass is 16.6. The van der Waals surface area contributed by atoms with E-state index in [-0.39, 0.29) is 23.9 Å². The SMILES string of the molecule is CCOC(=O)[C@H]1CCN(C(=O)OC(C)(C)C)C[C@H]1CCC=O. The van der Waals surface area contributed by atoms with Gasteiger partial charge in [-0.2, -0.15) is 0 Å². The van der Waals surface area contributed by atoms with Crippen LogP contribution in [-0.2, 0) is 19.1 Å². The Hall–Kier alpha value is -1.59. The average Bonchev–Trinajstić information content (AvgIpc) is 2.43. The van der Waals surface area contributed by atoms with Crippen LogP contribution in [0, 0.1) is 11.8 Å². The van der Waals surface area contributed by atoms with E-state index in [1.54, 1.807) is 11.8 Å². The molecule has 1 saturated heterocycles. The van der Waals surface area contributed by atoms with Gasteiger partial charge in [0.05, 0.1) is 12.5 Å². The normalized spacial score (nSPS) is 22.1. The Kier molecular flexibility index (Phi) is 6.84. The minimum Gasteiger partial charge on any atom is -0.466 e. The van der Waals surface area contributed by atoms with Gasteiger partial charge in [0, 0.05) is 19.5 Å². The van der Waals surface area contributed by atoms with Crippen LogP contribution >= 0.6 is 0 Å². The number of rotatable bonds is 5. The number of amides is 1. The lowest BCUT2D eigenvalue weighted by Crippen LogP contribution is -2.47. The molecule has 0 aromatic rings.